The highest BCUT2D eigenvalue weighted by Gasteiger charge is 2.29. The SMILES string of the molecule is Cc1c(NC(=O)CCC(=O)OCCc2ccccc2)cccc1NC(=O)C1CC1. The highest BCUT2D eigenvalue weighted by Crippen LogP contribution is 2.31. The van der Waals surface area contributed by atoms with E-state index in [2.05, 4.69) is 10.6 Å². The van der Waals surface area contributed by atoms with E-state index in [4.69, 9.17) is 4.74 Å². The van der Waals surface area contributed by atoms with Crippen LogP contribution in [0.25, 0.3) is 0 Å². The van der Waals surface area contributed by atoms with Crippen molar-refractivity contribution >= 4 is 29.2 Å². The average Bonchev–Trinajstić information content (AvgIpc) is 3.56. The number of hydrogen-bond acceptors (Lipinski definition) is 4. The Morgan fingerprint density at radius 3 is 2.31 bits per heavy atom. The van der Waals surface area contributed by atoms with E-state index >= 15 is 0 Å². The van der Waals surface area contributed by atoms with Gasteiger partial charge in [-0.2, -0.15) is 0 Å². The molecule has 2 N–H and O–H groups in total. The van der Waals surface area contributed by atoms with Crippen LogP contribution in [0.15, 0.2) is 48.5 Å². The number of ether oxygens (including phenoxy) is 1. The van der Waals surface area contributed by atoms with E-state index in [9.17, 15) is 14.4 Å². The Kier molecular flexibility index (Phi) is 7.00. The van der Waals surface area contributed by atoms with Gasteiger partial charge in [0.25, 0.3) is 0 Å². The Hall–Kier alpha value is -3.15. The molecule has 1 fully saturated rings. The van der Waals surface area contributed by atoms with Crippen molar-refractivity contribution in [2.45, 2.75) is 39.0 Å². The van der Waals surface area contributed by atoms with Crippen molar-refractivity contribution < 1.29 is 19.1 Å². The normalized spacial score (nSPS) is 12.9. The third kappa shape index (κ3) is 6.45. The van der Waals surface area contributed by atoms with Crippen molar-refractivity contribution in [2.75, 3.05) is 17.2 Å². The Balaban J connectivity index is 1.41. The van der Waals surface area contributed by atoms with Gasteiger partial charge in [0, 0.05) is 30.1 Å². The molecule has 1 aliphatic carbocycles. The molecule has 0 heterocycles. The molecule has 152 valence electrons. The second-order valence-electron chi connectivity index (χ2n) is 7.25. The fourth-order valence-electron chi connectivity index (χ4n) is 2.91. The highest BCUT2D eigenvalue weighted by molar-refractivity contribution is 5.97. The number of hydrogen-bond donors (Lipinski definition) is 2. The Morgan fingerprint density at radius 2 is 1.62 bits per heavy atom. The quantitative estimate of drug-likeness (QED) is 0.633. The van der Waals surface area contributed by atoms with Gasteiger partial charge in [0.15, 0.2) is 0 Å². The van der Waals surface area contributed by atoms with Crippen molar-refractivity contribution in [3.63, 3.8) is 0 Å². The largest absolute Gasteiger partial charge is 0.465 e. The van der Waals surface area contributed by atoms with Gasteiger partial charge in [0.2, 0.25) is 11.8 Å². The molecular formula is C23H26N2O4. The summed E-state index contributed by atoms with van der Waals surface area (Å²) in [4.78, 5) is 36.0. The molecule has 3 rings (SSSR count). The maximum absolute atomic E-state index is 12.2. The van der Waals surface area contributed by atoms with Crippen molar-refractivity contribution in [1.29, 1.82) is 0 Å². The molecule has 2 aromatic rings. The topological polar surface area (TPSA) is 84.5 Å². The maximum atomic E-state index is 12.2. The maximum Gasteiger partial charge on any atom is 0.306 e. The van der Waals surface area contributed by atoms with Gasteiger partial charge in [-0.1, -0.05) is 36.4 Å². The number of anilines is 2. The molecule has 0 aromatic heterocycles. The molecule has 0 spiro atoms. The van der Waals surface area contributed by atoms with E-state index in [1.807, 2.05) is 43.3 Å². The number of carbonyl (C=O) groups excluding carboxylic acids is 3. The molecule has 1 aliphatic rings. The molecular weight excluding hydrogens is 368 g/mol. The summed E-state index contributed by atoms with van der Waals surface area (Å²) in [6.07, 6.45) is 2.59. The van der Waals surface area contributed by atoms with Crippen molar-refractivity contribution in [3.05, 3.63) is 59.7 Å². The molecule has 29 heavy (non-hydrogen) atoms. The van der Waals surface area contributed by atoms with Gasteiger partial charge in [-0.15, -0.1) is 0 Å². The van der Waals surface area contributed by atoms with Gasteiger partial charge in [-0.3, -0.25) is 14.4 Å². The van der Waals surface area contributed by atoms with Crippen LogP contribution in [0.4, 0.5) is 11.4 Å². The summed E-state index contributed by atoms with van der Waals surface area (Å²) in [5.41, 5.74) is 3.21. The second kappa shape index (κ2) is 9.87. The third-order valence-corrected chi connectivity index (χ3v) is 4.87. The van der Waals surface area contributed by atoms with Crippen LogP contribution in [-0.4, -0.2) is 24.4 Å². The van der Waals surface area contributed by atoms with Crippen LogP contribution < -0.4 is 10.6 Å². The molecule has 0 aliphatic heterocycles. The van der Waals surface area contributed by atoms with E-state index in [-0.39, 0.29) is 30.6 Å². The van der Waals surface area contributed by atoms with Gasteiger partial charge in [-0.05, 0) is 43.0 Å². The average molecular weight is 394 g/mol. The van der Waals surface area contributed by atoms with Crippen molar-refractivity contribution in [1.82, 2.24) is 0 Å². The lowest BCUT2D eigenvalue weighted by Crippen LogP contribution is -2.17. The number of nitrogens with one attached hydrogen (secondary N) is 2. The first-order chi connectivity index (χ1) is 14.0. The first-order valence-corrected chi connectivity index (χ1v) is 9.93. The van der Waals surface area contributed by atoms with Crippen LogP contribution in [0, 0.1) is 12.8 Å². The predicted molar refractivity (Wildman–Crippen MR) is 112 cm³/mol. The van der Waals surface area contributed by atoms with E-state index in [1.165, 1.54) is 0 Å². The standard InChI is InChI=1S/C23H26N2O4/c1-16-19(8-5-9-20(16)25-23(28)18-10-11-18)24-21(26)12-13-22(27)29-15-14-17-6-3-2-4-7-17/h2-9,18H,10-15H2,1H3,(H,24,26)(H,25,28). The summed E-state index contributed by atoms with van der Waals surface area (Å²) in [6, 6.07) is 15.1. The number of benzene rings is 2. The minimum absolute atomic E-state index is 0.0230. The molecule has 2 amide bonds. The fraction of sp³-hybridized carbons (Fsp3) is 0.348. The molecule has 6 heteroatoms. The van der Waals surface area contributed by atoms with Crippen LogP contribution >= 0.6 is 0 Å². The van der Waals surface area contributed by atoms with Crippen LogP contribution in [0.2, 0.25) is 0 Å². The molecule has 6 nitrogen and oxygen atoms in total. The lowest BCUT2D eigenvalue weighted by molar-refractivity contribution is -0.144. The highest BCUT2D eigenvalue weighted by atomic mass is 16.5. The minimum Gasteiger partial charge on any atom is -0.465 e. The summed E-state index contributed by atoms with van der Waals surface area (Å²) in [5.74, 6) is -0.521. The molecule has 0 radical (unpaired) electrons. The van der Waals surface area contributed by atoms with Gasteiger partial charge in [0.1, 0.15) is 0 Å². The molecule has 0 bridgehead atoms. The lowest BCUT2D eigenvalue weighted by atomic mass is 10.1. The summed E-state index contributed by atoms with van der Waals surface area (Å²) < 4.78 is 5.20. The number of rotatable bonds is 9. The Morgan fingerprint density at radius 1 is 0.931 bits per heavy atom. The number of amides is 2. The smallest absolute Gasteiger partial charge is 0.306 e. The van der Waals surface area contributed by atoms with Gasteiger partial charge in [-0.25, -0.2) is 0 Å². The Labute approximate surface area is 170 Å². The molecule has 0 atom stereocenters. The summed E-state index contributed by atoms with van der Waals surface area (Å²) in [5, 5.41) is 5.72. The first-order valence-electron chi connectivity index (χ1n) is 9.93. The molecule has 0 saturated heterocycles. The molecule has 2 aromatic carbocycles. The zero-order chi connectivity index (χ0) is 20.6. The molecule has 1 saturated carbocycles. The molecule has 0 unspecified atom stereocenters. The zero-order valence-electron chi connectivity index (χ0n) is 16.6. The summed E-state index contributed by atoms with van der Waals surface area (Å²) in [6.45, 7) is 2.14. The van der Waals surface area contributed by atoms with E-state index in [1.54, 1.807) is 12.1 Å². The van der Waals surface area contributed by atoms with Crippen LogP contribution in [-0.2, 0) is 25.5 Å². The first kappa shape index (κ1) is 20.6. The van der Waals surface area contributed by atoms with E-state index in [0.717, 1.165) is 24.0 Å². The van der Waals surface area contributed by atoms with Crippen LogP contribution in [0.3, 0.4) is 0 Å². The third-order valence-electron chi connectivity index (χ3n) is 4.87. The van der Waals surface area contributed by atoms with Gasteiger partial charge >= 0.3 is 5.97 Å². The lowest BCUT2D eigenvalue weighted by Gasteiger charge is -2.13. The second-order valence-corrected chi connectivity index (χ2v) is 7.25. The van der Waals surface area contributed by atoms with Gasteiger partial charge < -0.3 is 15.4 Å². The van der Waals surface area contributed by atoms with Crippen molar-refractivity contribution in [2.24, 2.45) is 5.92 Å². The summed E-state index contributed by atoms with van der Waals surface area (Å²) in [7, 11) is 0. The van der Waals surface area contributed by atoms with Gasteiger partial charge in [0.05, 0.1) is 13.0 Å². The van der Waals surface area contributed by atoms with E-state index < -0.39 is 5.97 Å². The van der Waals surface area contributed by atoms with Crippen LogP contribution in [0.1, 0.15) is 36.8 Å². The number of carbonyl (C=O) groups is 3. The minimum atomic E-state index is -0.391. The Bertz CT molecular complexity index is 876. The van der Waals surface area contributed by atoms with E-state index in [0.29, 0.717) is 24.4 Å². The van der Waals surface area contributed by atoms with Crippen molar-refractivity contribution in [3.8, 4) is 0 Å². The fourth-order valence-corrected chi connectivity index (χ4v) is 2.91. The van der Waals surface area contributed by atoms with Crippen LogP contribution in [0.5, 0.6) is 0 Å². The number of esters is 1. The monoisotopic (exact) mass is 394 g/mol. The summed E-state index contributed by atoms with van der Waals surface area (Å²) >= 11 is 0. The predicted octanol–water partition coefficient (Wildman–Crippen LogP) is 3.85. The zero-order valence-corrected chi connectivity index (χ0v) is 16.6.